The Bertz CT molecular complexity index is 1360. The predicted octanol–water partition coefficient (Wildman–Crippen LogP) is 6.51. The lowest BCUT2D eigenvalue weighted by atomic mass is 10.1. The minimum Gasteiger partial charge on any atom is -0.486 e. The molecule has 186 valence electrons. The van der Waals surface area contributed by atoms with E-state index in [1.807, 2.05) is 32.0 Å². The molecule has 0 amide bonds. The molecule has 3 aromatic heterocycles. The van der Waals surface area contributed by atoms with Crippen LogP contribution in [0.4, 0.5) is 10.2 Å². The fourth-order valence-corrected chi connectivity index (χ4v) is 4.75. The summed E-state index contributed by atoms with van der Waals surface area (Å²) in [5.74, 6) is 0.944. The zero-order valence-electron chi connectivity index (χ0n) is 20.1. The number of hydrogen-bond acceptors (Lipinski definition) is 6. The van der Waals surface area contributed by atoms with Crippen molar-refractivity contribution >= 4 is 40.2 Å². The summed E-state index contributed by atoms with van der Waals surface area (Å²) in [5, 5.41) is 11.9. The van der Waals surface area contributed by atoms with E-state index in [0.717, 1.165) is 48.4 Å². The van der Waals surface area contributed by atoms with Crippen molar-refractivity contribution in [2.75, 3.05) is 18.5 Å². The van der Waals surface area contributed by atoms with E-state index in [1.54, 1.807) is 24.5 Å². The molecule has 2 N–H and O–H groups in total. The van der Waals surface area contributed by atoms with Crippen LogP contribution in [0.2, 0.25) is 5.02 Å². The Morgan fingerprint density at radius 2 is 2.06 bits per heavy atom. The van der Waals surface area contributed by atoms with Crippen LogP contribution < -0.4 is 10.1 Å². The van der Waals surface area contributed by atoms with E-state index in [4.69, 9.17) is 21.1 Å². The number of aromatic nitrogens is 4. The number of benzene rings is 1. The number of aryl methyl sites for hydroxylation is 1. The minimum absolute atomic E-state index is 0.292. The van der Waals surface area contributed by atoms with E-state index in [2.05, 4.69) is 25.5 Å². The lowest BCUT2D eigenvalue weighted by molar-refractivity contribution is 0.0904. The van der Waals surface area contributed by atoms with Crippen LogP contribution in [0.5, 0.6) is 5.75 Å². The minimum atomic E-state index is -0.412. The number of aromatic amines is 1. The first-order valence-corrected chi connectivity index (χ1v) is 12.3. The molecule has 4 aromatic rings. The number of fused-ring (bicyclic) bond motifs is 1. The Kier molecular flexibility index (Phi) is 7.16. The summed E-state index contributed by atoms with van der Waals surface area (Å²) in [4.78, 5) is 8.49. The number of ether oxygens (including phenoxy) is 2. The summed E-state index contributed by atoms with van der Waals surface area (Å²) in [7, 11) is 0. The second kappa shape index (κ2) is 10.6. The summed E-state index contributed by atoms with van der Waals surface area (Å²) < 4.78 is 26.7. The molecule has 5 rings (SSSR count). The molecule has 1 aliphatic heterocycles. The summed E-state index contributed by atoms with van der Waals surface area (Å²) in [6.45, 7) is 5.37. The van der Waals surface area contributed by atoms with Gasteiger partial charge in [-0.15, -0.1) is 0 Å². The number of pyridine rings is 2. The number of halogens is 2. The highest BCUT2D eigenvalue weighted by Gasteiger charge is 2.16. The van der Waals surface area contributed by atoms with Gasteiger partial charge in [-0.05, 0) is 62.6 Å². The average Bonchev–Trinajstić information content (AvgIpc) is 3.27. The molecule has 0 saturated carbocycles. The van der Waals surface area contributed by atoms with Crippen molar-refractivity contribution in [1.29, 1.82) is 0 Å². The summed E-state index contributed by atoms with van der Waals surface area (Å²) in [6, 6.07) is 9.35. The average molecular weight is 508 g/mol. The highest BCUT2D eigenvalue weighted by Crippen LogP contribution is 2.32. The topological polar surface area (TPSA) is 85.0 Å². The van der Waals surface area contributed by atoms with Crippen LogP contribution in [0.3, 0.4) is 0 Å². The Balaban J connectivity index is 1.33. The number of hydrogen-bond donors (Lipinski definition) is 2. The van der Waals surface area contributed by atoms with Gasteiger partial charge in [-0.2, -0.15) is 5.10 Å². The molecule has 0 unspecified atom stereocenters. The number of nitrogens with one attached hydrogen (secondary N) is 2. The molecule has 1 atom stereocenters. The molecule has 1 aromatic carbocycles. The van der Waals surface area contributed by atoms with E-state index in [1.165, 1.54) is 12.3 Å². The van der Waals surface area contributed by atoms with Crippen LogP contribution in [0.1, 0.15) is 48.3 Å². The molecule has 36 heavy (non-hydrogen) atoms. The van der Waals surface area contributed by atoms with Crippen LogP contribution in [0.25, 0.3) is 22.8 Å². The van der Waals surface area contributed by atoms with Gasteiger partial charge in [-0.3, -0.25) is 10.1 Å². The molecular weight excluding hydrogens is 481 g/mol. The normalized spacial score (nSPS) is 15.7. The van der Waals surface area contributed by atoms with E-state index in [9.17, 15) is 0 Å². The maximum absolute atomic E-state index is 15.1. The first-order chi connectivity index (χ1) is 17.5. The Morgan fingerprint density at radius 3 is 2.81 bits per heavy atom. The molecular formula is C27H27ClFN5O2. The highest BCUT2D eigenvalue weighted by atomic mass is 35.5. The van der Waals surface area contributed by atoms with Crippen molar-refractivity contribution in [3.05, 3.63) is 76.3 Å². The van der Waals surface area contributed by atoms with Crippen LogP contribution in [0, 0.1) is 6.92 Å². The van der Waals surface area contributed by atoms with E-state index in [0.29, 0.717) is 33.6 Å². The van der Waals surface area contributed by atoms with Crippen molar-refractivity contribution < 1.29 is 13.9 Å². The molecule has 7 nitrogen and oxygen atoms in total. The summed E-state index contributed by atoms with van der Waals surface area (Å²) in [6.07, 6.45) is 7.90. The van der Waals surface area contributed by atoms with Gasteiger partial charge in [0.2, 0.25) is 0 Å². The first kappa shape index (κ1) is 24.2. The van der Waals surface area contributed by atoms with Gasteiger partial charge in [0.15, 0.2) is 0 Å². The lowest BCUT2D eigenvalue weighted by Gasteiger charge is -2.23. The third-order valence-corrected chi connectivity index (χ3v) is 6.60. The summed E-state index contributed by atoms with van der Waals surface area (Å²) in [5.41, 5.74) is 3.48. The molecule has 0 spiro atoms. The number of anilines is 1. The smallest absolute Gasteiger partial charge is 0.134 e. The molecule has 4 heterocycles. The van der Waals surface area contributed by atoms with Gasteiger partial charge in [0.05, 0.1) is 16.2 Å². The molecule has 1 aliphatic rings. The standard InChI is InChI=1S/C27H27ClFN5O2/c1-16-13-30-15-22(28)27(16)17(2)36-20-4-5-24-21(11-20)25(34-33-24)12-23(29)18-3-6-26(31-14-18)32-19-7-9-35-10-8-19/h3-6,11-15,17,19H,7-10H2,1-2H3,(H,31,32)(H,33,34)/b23-12-/t17-/m1/s1. The Hall–Kier alpha value is -3.49. The van der Waals surface area contributed by atoms with Crippen molar-refractivity contribution in [2.24, 2.45) is 0 Å². The molecule has 0 radical (unpaired) electrons. The quantitative estimate of drug-likeness (QED) is 0.296. The zero-order valence-corrected chi connectivity index (χ0v) is 20.8. The van der Waals surface area contributed by atoms with Crippen LogP contribution in [-0.4, -0.2) is 39.4 Å². The monoisotopic (exact) mass is 507 g/mol. The van der Waals surface area contributed by atoms with Gasteiger partial charge in [0, 0.05) is 60.4 Å². The van der Waals surface area contributed by atoms with Gasteiger partial charge >= 0.3 is 0 Å². The second-order valence-corrected chi connectivity index (χ2v) is 9.29. The van der Waals surface area contributed by atoms with Crippen molar-refractivity contribution in [2.45, 2.75) is 38.8 Å². The predicted molar refractivity (Wildman–Crippen MR) is 140 cm³/mol. The second-order valence-electron chi connectivity index (χ2n) is 8.88. The molecule has 9 heteroatoms. The SMILES string of the molecule is Cc1cncc(Cl)c1[C@@H](C)Oc1ccc2n[nH]c(/C=C(\F)c3ccc(NC4CCOCC4)nc3)c2c1. The van der Waals surface area contributed by atoms with Crippen LogP contribution in [0.15, 0.2) is 48.9 Å². The largest absolute Gasteiger partial charge is 0.486 e. The van der Waals surface area contributed by atoms with Gasteiger partial charge in [0.1, 0.15) is 23.5 Å². The maximum Gasteiger partial charge on any atom is 0.134 e. The van der Waals surface area contributed by atoms with Gasteiger partial charge in [-0.1, -0.05) is 11.6 Å². The molecule has 1 saturated heterocycles. The van der Waals surface area contributed by atoms with Crippen molar-refractivity contribution in [3.8, 4) is 5.75 Å². The van der Waals surface area contributed by atoms with Crippen molar-refractivity contribution in [3.63, 3.8) is 0 Å². The van der Waals surface area contributed by atoms with Gasteiger partial charge in [-0.25, -0.2) is 9.37 Å². The van der Waals surface area contributed by atoms with E-state index < -0.39 is 5.83 Å². The zero-order chi connectivity index (χ0) is 25.1. The molecule has 1 fully saturated rings. The van der Waals surface area contributed by atoms with Crippen molar-refractivity contribution in [1.82, 2.24) is 20.2 Å². The Morgan fingerprint density at radius 1 is 1.22 bits per heavy atom. The Labute approximate surface area is 213 Å². The van der Waals surface area contributed by atoms with E-state index >= 15 is 4.39 Å². The summed E-state index contributed by atoms with van der Waals surface area (Å²) >= 11 is 6.35. The number of H-pyrrole nitrogens is 1. The number of nitrogens with zero attached hydrogens (tertiary/aromatic N) is 3. The molecule has 0 aliphatic carbocycles. The lowest BCUT2D eigenvalue weighted by Crippen LogP contribution is -2.28. The fraction of sp³-hybridized carbons (Fsp3) is 0.296. The third kappa shape index (κ3) is 5.34. The van der Waals surface area contributed by atoms with E-state index in [-0.39, 0.29) is 6.10 Å². The fourth-order valence-electron chi connectivity index (χ4n) is 4.39. The maximum atomic E-state index is 15.1. The van der Waals surface area contributed by atoms with Crippen LogP contribution in [-0.2, 0) is 4.74 Å². The third-order valence-electron chi connectivity index (χ3n) is 6.30. The van der Waals surface area contributed by atoms with Gasteiger partial charge in [0.25, 0.3) is 0 Å². The van der Waals surface area contributed by atoms with Crippen LogP contribution >= 0.6 is 11.6 Å². The molecule has 0 bridgehead atoms. The first-order valence-electron chi connectivity index (χ1n) is 11.9. The highest BCUT2D eigenvalue weighted by molar-refractivity contribution is 6.31. The number of rotatable bonds is 7. The van der Waals surface area contributed by atoms with Gasteiger partial charge < -0.3 is 14.8 Å².